The standard InChI is InChI=1S/C22H22N2O3S/c1-26-20-12-11-17(13-21(20)27-2)28-14-15-7-9-16(10-8-15)22(25)24-19-6-4-3-5-18(19)23/h3-13H,14,23H2,1-2H3,(H,24,25). The highest BCUT2D eigenvalue weighted by Crippen LogP contribution is 2.33. The van der Waals surface area contributed by atoms with Crippen LogP contribution < -0.4 is 20.5 Å². The summed E-state index contributed by atoms with van der Waals surface area (Å²) in [4.78, 5) is 13.5. The van der Waals surface area contributed by atoms with E-state index in [-0.39, 0.29) is 5.91 Å². The van der Waals surface area contributed by atoms with Gasteiger partial charge in [-0.2, -0.15) is 0 Å². The van der Waals surface area contributed by atoms with Crippen molar-refractivity contribution in [1.29, 1.82) is 0 Å². The van der Waals surface area contributed by atoms with Crippen LogP contribution in [0.2, 0.25) is 0 Å². The molecule has 0 saturated heterocycles. The van der Waals surface area contributed by atoms with Crippen molar-refractivity contribution < 1.29 is 14.3 Å². The summed E-state index contributed by atoms with van der Waals surface area (Å²) in [5, 5.41) is 2.83. The predicted octanol–water partition coefficient (Wildman–Crippen LogP) is 4.83. The number of ether oxygens (including phenoxy) is 2. The minimum atomic E-state index is -0.183. The highest BCUT2D eigenvalue weighted by molar-refractivity contribution is 7.98. The number of carbonyl (C=O) groups excluding carboxylic acids is 1. The molecule has 144 valence electrons. The van der Waals surface area contributed by atoms with Gasteiger partial charge in [-0.25, -0.2) is 0 Å². The van der Waals surface area contributed by atoms with E-state index in [4.69, 9.17) is 15.2 Å². The number of hydrogen-bond donors (Lipinski definition) is 2. The molecule has 0 aliphatic rings. The van der Waals surface area contributed by atoms with Crippen LogP contribution in [0.4, 0.5) is 11.4 Å². The van der Waals surface area contributed by atoms with Gasteiger partial charge in [-0.05, 0) is 48.0 Å². The summed E-state index contributed by atoms with van der Waals surface area (Å²) >= 11 is 1.69. The number of amides is 1. The Balaban J connectivity index is 1.61. The first-order valence-electron chi connectivity index (χ1n) is 8.70. The van der Waals surface area contributed by atoms with E-state index in [1.54, 1.807) is 38.1 Å². The molecule has 3 N–H and O–H groups in total. The van der Waals surface area contributed by atoms with Gasteiger partial charge in [-0.3, -0.25) is 4.79 Å². The van der Waals surface area contributed by atoms with Crippen molar-refractivity contribution in [3.05, 3.63) is 77.9 Å². The van der Waals surface area contributed by atoms with E-state index in [1.165, 1.54) is 0 Å². The molecule has 5 nitrogen and oxygen atoms in total. The molecule has 28 heavy (non-hydrogen) atoms. The zero-order chi connectivity index (χ0) is 19.9. The number of carbonyl (C=O) groups is 1. The predicted molar refractivity (Wildman–Crippen MR) is 114 cm³/mol. The molecular weight excluding hydrogens is 372 g/mol. The third-order valence-electron chi connectivity index (χ3n) is 4.19. The van der Waals surface area contributed by atoms with Gasteiger partial charge in [0, 0.05) is 16.2 Å². The summed E-state index contributed by atoms with van der Waals surface area (Å²) in [7, 11) is 3.24. The maximum atomic E-state index is 12.4. The lowest BCUT2D eigenvalue weighted by Gasteiger charge is -2.10. The van der Waals surface area contributed by atoms with E-state index in [0.717, 1.165) is 16.2 Å². The number of anilines is 2. The Bertz CT molecular complexity index is 958. The first kappa shape index (κ1) is 19.6. The van der Waals surface area contributed by atoms with E-state index in [2.05, 4.69) is 5.32 Å². The summed E-state index contributed by atoms with van der Waals surface area (Å²) in [6.07, 6.45) is 0. The van der Waals surface area contributed by atoms with Gasteiger partial charge < -0.3 is 20.5 Å². The van der Waals surface area contributed by atoms with Gasteiger partial charge in [0.1, 0.15) is 0 Å². The normalized spacial score (nSPS) is 10.4. The molecule has 0 unspecified atom stereocenters. The maximum absolute atomic E-state index is 12.4. The summed E-state index contributed by atoms with van der Waals surface area (Å²) in [5.74, 6) is 2.01. The van der Waals surface area contributed by atoms with Crippen molar-refractivity contribution in [1.82, 2.24) is 0 Å². The zero-order valence-corrected chi connectivity index (χ0v) is 16.6. The van der Waals surface area contributed by atoms with Crippen molar-refractivity contribution in [3.8, 4) is 11.5 Å². The Morgan fingerprint density at radius 2 is 1.68 bits per heavy atom. The highest BCUT2D eigenvalue weighted by Gasteiger charge is 2.09. The molecule has 0 heterocycles. The van der Waals surface area contributed by atoms with E-state index in [1.807, 2.05) is 54.6 Å². The molecule has 0 aliphatic carbocycles. The number of benzene rings is 3. The molecule has 0 aliphatic heterocycles. The third-order valence-corrected chi connectivity index (χ3v) is 5.25. The maximum Gasteiger partial charge on any atom is 0.255 e. The topological polar surface area (TPSA) is 73.6 Å². The number of nitrogens with one attached hydrogen (secondary N) is 1. The Hall–Kier alpha value is -3.12. The average molecular weight is 394 g/mol. The lowest BCUT2D eigenvalue weighted by Crippen LogP contribution is -2.13. The van der Waals surface area contributed by atoms with Crippen LogP contribution in [0.15, 0.2) is 71.6 Å². The molecule has 1 amide bonds. The van der Waals surface area contributed by atoms with E-state index in [9.17, 15) is 4.79 Å². The SMILES string of the molecule is COc1ccc(SCc2ccc(C(=O)Nc3ccccc3N)cc2)cc1OC. The minimum Gasteiger partial charge on any atom is -0.493 e. The highest BCUT2D eigenvalue weighted by atomic mass is 32.2. The third kappa shape index (κ3) is 4.78. The lowest BCUT2D eigenvalue weighted by molar-refractivity contribution is 0.102. The Morgan fingerprint density at radius 1 is 0.964 bits per heavy atom. The quantitative estimate of drug-likeness (QED) is 0.443. The fourth-order valence-corrected chi connectivity index (χ4v) is 3.51. The van der Waals surface area contributed by atoms with Crippen molar-refractivity contribution in [2.45, 2.75) is 10.6 Å². The van der Waals surface area contributed by atoms with E-state index in [0.29, 0.717) is 28.4 Å². The van der Waals surface area contributed by atoms with E-state index < -0.39 is 0 Å². The number of methoxy groups -OCH3 is 2. The molecule has 0 fully saturated rings. The summed E-state index contributed by atoms with van der Waals surface area (Å²) in [6.45, 7) is 0. The first-order chi connectivity index (χ1) is 13.6. The molecule has 0 radical (unpaired) electrons. The second-order valence-electron chi connectivity index (χ2n) is 6.04. The molecule has 0 bridgehead atoms. The van der Waals surface area contributed by atoms with Gasteiger partial charge in [0.2, 0.25) is 0 Å². The van der Waals surface area contributed by atoms with Crippen LogP contribution in [-0.4, -0.2) is 20.1 Å². The van der Waals surface area contributed by atoms with Crippen LogP contribution in [0.25, 0.3) is 0 Å². The zero-order valence-electron chi connectivity index (χ0n) is 15.8. The average Bonchev–Trinajstić information content (AvgIpc) is 2.74. The number of nitrogen functional groups attached to an aromatic ring is 1. The van der Waals surface area contributed by atoms with Gasteiger partial charge >= 0.3 is 0 Å². The number of para-hydroxylation sites is 2. The molecule has 3 rings (SSSR count). The molecule has 0 aromatic heterocycles. The largest absolute Gasteiger partial charge is 0.493 e. The Morgan fingerprint density at radius 3 is 2.36 bits per heavy atom. The van der Waals surface area contributed by atoms with Crippen LogP contribution in [0.5, 0.6) is 11.5 Å². The smallest absolute Gasteiger partial charge is 0.255 e. The molecule has 6 heteroatoms. The van der Waals surface area contributed by atoms with Gasteiger partial charge in [-0.1, -0.05) is 24.3 Å². The summed E-state index contributed by atoms with van der Waals surface area (Å²) in [5.41, 5.74) is 8.73. The monoisotopic (exact) mass is 394 g/mol. The molecular formula is C22H22N2O3S. The molecule has 0 atom stereocenters. The second kappa shape index (κ2) is 9.19. The van der Waals surface area contributed by atoms with Crippen LogP contribution in [0.3, 0.4) is 0 Å². The number of nitrogens with two attached hydrogens (primary N) is 1. The van der Waals surface area contributed by atoms with Crippen molar-refractivity contribution >= 4 is 29.0 Å². The van der Waals surface area contributed by atoms with Gasteiger partial charge in [0.05, 0.1) is 25.6 Å². The van der Waals surface area contributed by atoms with Crippen LogP contribution in [0.1, 0.15) is 15.9 Å². The number of rotatable bonds is 7. The van der Waals surface area contributed by atoms with Crippen molar-refractivity contribution in [2.75, 3.05) is 25.3 Å². The minimum absolute atomic E-state index is 0.183. The van der Waals surface area contributed by atoms with Gasteiger partial charge in [-0.15, -0.1) is 11.8 Å². The van der Waals surface area contributed by atoms with Crippen LogP contribution >= 0.6 is 11.8 Å². The van der Waals surface area contributed by atoms with Gasteiger partial charge in [0.25, 0.3) is 5.91 Å². The first-order valence-corrected chi connectivity index (χ1v) is 9.69. The van der Waals surface area contributed by atoms with E-state index >= 15 is 0 Å². The number of thioether (sulfide) groups is 1. The second-order valence-corrected chi connectivity index (χ2v) is 7.09. The summed E-state index contributed by atoms with van der Waals surface area (Å²) in [6, 6.07) is 20.6. The Labute approximate surface area is 168 Å². The molecule has 3 aromatic rings. The molecule has 0 spiro atoms. The Kier molecular flexibility index (Phi) is 6.45. The molecule has 0 saturated carbocycles. The van der Waals surface area contributed by atoms with Crippen LogP contribution in [0, 0.1) is 0 Å². The lowest BCUT2D eigenvalue weighted by atomic mass is 10.1. The van der Waals surface area contributed by atoms with Gasteiger partial charge in [0.15, 0.2) is 11.5 Å². The fourth-order valence-electron chi connectivity index (χ4n) is 2.63. The van der Waals surface area contributed by atoms with Crippen molar-refractivity contribution in [3.63, 3.8) is 0 Å². The van der Waals surface area contributed by atoms with Crippen molar-refractivity contribution in [2.24, 2.45) is 0 Å². The van der Waals surface area contributed by atoms with Crippen LogP contribution in [-0.2, 0) is 5.75 Å². The fraction of sp³-hybridized carbons (Fsp3) is 0.136. The molecule has 3 aromatic carbocycles. The summed E-state index contributed by atoms with van der Waals surface area (Å²) < 4.78 is 10.6. The number of hydrogen-bond acceptors (Lipinski definition) is 5.